The molecule has 0 saturated carbocycles. The summed E-state index contributed by atoms with van der Waals surface area (Å²) in [7, 11) is -1.99. The van der Waals surface area contributed by atoms with Crippen LogP contribution in [0.15, 0.2) is 54.6 Å². The molecule has 0 aliphatic heterocycles. The van der Waals surface area contributed by atoms with Crippen LogP contribution in [0, 0.1) is 0 Å². The Labute approximate surface area is 209 Å². The van der Waals surface area contributed by atoms with Crippen molar-refractivity contribution in [2.45, 2.75) is 45.6 Å². The number of carbonyl (C=O) groups is 2. The minimum Gasteiger partial charge on any atom is -0.497 e. The largest absolute Gasteiger partial charge is 0.497 e. The lowest BCUT2D eigenvalue weighted by Gasteiger charge is -2.29. The summed E-state index contributed by atoms with van der Waals surface area (Å²) in [5, 5.41) is 2.86. The highest BCUT2D eigenvalue weighted by molar-refractivity contribution is 7.92. The first-order chi connectivity index (χ1) is 16.7. The van der Waals surface area contributed by atoms with Crippen molar-refractivity contribution in [3.05, 3.63) is 60.2 Å². The fraction of sp³-hybridized carbons (Fsp3) is 0.462. The van der Waals surface area contributed by atoms with Gasteiger partial charge in [-0.15, -0.1) is 0 Å². The maximum atomic E-state index is 13.2. The van der Waals surface area contributed by atoms with E-state index in [1.807, 2.05) is 37.3 Å². The van der Waals surface area contributed by atoms with Gasteiger partial charge in [0.2, 0.25) is 21.8 Å². The van der Waals surface area contributed by atoms with E-state index in [-0.39, 0.29) is 24.8 Å². The molecule has 1 atom stereocenters. The quantitative estimate of drug-likeness (QED) is 0.427. The minimum atomic E-state index is -3.54. The smallest absolute Gasteiger partial charge is 0.242 e. The fourth-order valence-corrected chi connectivity index (χ4v) is 4.68. The lowest BCUT2D eigenvalue weighted by Crippen LogP contribution is -2.49. The van der Waals surface area contributed by atoms with Gasteiger partial charge < -0.3 is 15.0 Å². The van der Waals surface area contributed by atoms with E-state index in [0.717, 1.165) is 18.2 Å². The number of nitrogens with zero attached hydrogens (tertiary/aromatic N) is 2. The van der Waals surface area contributed by atoms with Crippen LogP contribution < -0.4 is 14.4 Å². The molecule has 0 radical (unpaired) electrons. The molecule has 0 bridgehead atoms. The summed E-state index contributed by atoms with van der Waals surface area (Å²) >= 11 is 0. The first-order valence-electron chi connectivity index (χ1n) is 11.9. The fourth-order valence-electron chi connectivity index (χ4n) is 3.72. The number of methoxy groups -OCH3 is 1. The first-order valence-corrected chi connectivity index (χ1v) is 13.7. The molecule has 1 N–H and O–H groups in total. The molecule has 0 aliphatic rings. The molecule has 0 spiro atoms. The highest BCUT2D eigenvalue weighted by Crippen LogP contribution is 2.22. The topological polar surface area (TPSA) is 96.0 Å². The predicted octanol–water partition coefficient (Wildman–Crippen LogP) is 3.23. The summed E-state index contributed by atoms with van der Waals surface area (Å²) in [5.41, 5.74) is 1.59. The van der Waals surface area contributed by atoms with E-state index >= 15 is 0 Å². The van der Waals surface area contributed by atoms with E-state index in [1.165, 1.54) is 4.31 Å². The Kier molecular flexibility index (Phi) is 11.0. The summed E-state index contributed by atoms with van der Waals surface area (Å²) in [4.78, 5) is 27.4. The number of hydrogen-bond acceptors (Lipinski definition) is 5. The van der Waals surface area contributed by atoms with Gasteiger partial charge in [0.1, 0.15) is 11.8 Å². The highest BCUT2D eigenvalue weighted by Gasteiger charge is 2.26. The number of nitrogens with one attached hydrogen (secondary N) is 1. The molecule has 0 heterocycles. The standard InChI is InChI=1S/C26H37N3O5S/c1-5-18-27-26(31)21(2)28(20-17-22-10-7-6-8-11-22)25(30)12-9-19-29(35(4,32)33)23-13-15-24(34-3)16-14-23/h6-8,10-11,13-16,21H,5,9,12,17-20H2,1-4H3,(H,27,31)/t21-/m1/s1. The Balaban J connectivity index is 2.08. The van der Waals surface area contributed by atoms with Crippen molar-refractivity contribution in [3.63, 3.8) is 0 Å². The van der Waals surface area contributed by atoms with Crippen LogP contribution in [0.3, 0.4) is 0 Å². The van der Waals surface area contributed by atoms with E-state index in [2.05, 4.69) is 5.32 Å². The van der Waals surface area contributed by atoms with Crippen molar-refractivity contribution in [3.8, 4) is 5.75 Å². The number of benzene rings is 2. The Hall–Kier alpha value is -3.07. The Morgan fingerprint density at radius 2 is 1.69 bits per heavy atom. The summed E-state index contributed by atoms with van der Waals surface area (Å²) in [6.07, 6.45) is 3.03. The van der Waals surface area contributed by atoms with Crippen LogP contribution in [-0.4, -0.2) is 64.2 Å². The third-order valence-corrected chi connectivity index (χ3v) is 6.91. The molecule has 0 unspecified atom stereocenters. The zero-order valence-corrected chi connectivity index (χ0v) is 21.9. The lowest BCUT2D eigenvalue weighted by atomic mass is 10.1. The van der Waals surface area contributed by atoms with Gasteiger partial charge in [-0.3, -0.25) is 13.9 Å². The highest BCUT2D eigenvalue weighted by atomic mass is 32.2. The van der Waals surface area contributed by atoms with Gasteiger partial charge in [0.15, 0.2) is 0 Å². The number of carbonyl (C=O) groups excluding carboxylic acids is 2. The zero-order chi connectivity index (χ0) is 25.8. The SMILES string of the molecule is CCCNC(=O)[C@@H](C)N(CCc1ccccc1)C(=O)CCCN(c1ccc(OC)cc1)S(C)(=O)=O. The van der Waals surface area contributed by atoms with Crippen molar-refractivity contribution >= 4 is 27.5 Å². The second-order valence-corrected chi connectivity index (χ2v) is 10.3. The second kappa shape index (κ2) is 13.7. The predicted molar refractivity (Wildman–Crippen MR) is 139 cm³/mol. The van der Waals surface area contributed by atoms with Crippen molar-refractivity contribution in [1.82, 2.24) is 10.2 Å². The van der Waals surface area contributed by atoms with Crippen LogP contribution in [0.2, 0.25) is 0 Å². The minimum absolute atomic E-state index is 0.127. The first kappa shape index (κ1) is 28.2. The molecule has 2 aromatic carbocycles. The maximum Gasteiger partial charge on any atom is 0.242 e. The molecule has 0 fully saturated rings. The van der Waals surface area contributed by atoms with Crippen LogP contribution in [0.25, 0.3) is 0 Å². The number of hydrogen-bond donors (Lipinski definition) is 1. The molecule has 2 rings (SSSR count). The molecule has 2 amide bonds. The molecular weight excluding hydrogens is 466 g/mol. The van der Waals surface area contributed by atoms with Crippen LogP contribution in [-0.2, 0) is 26.0 Å². The second-order valence-electron chi connectivity index (χ2n) is 8.43. The normalized spacial score (nSPS) is 12.0. The molecular formula is C26H37N3O5S. The van der Waals surface area contributed by atoms with Crippen LogP contribution in [0.5, 0.6) is 5.75 Å². The van der Waals surface area contributed by atoms with Gasteiger partial charge in [0.25, 0.3) is 0 Å². The number of sulfonamides is 1. The lowest BCUT2D eigenvalue weighted by molar-refractivity contribution is -0.139. The van der Waals surface area contributed by atoms with Crippen molar-refractivity contribution in [2.24, 2.45) is 0 Å². The van der Waals surface area contributed by atoms with E-state index in [0.29, 0.717) is 37.4 Å². The molecule has 8 nitrogen and oxygen atoms in total. The van der Waals surface area contributed by atoms with Gasteiger partial charge in [-0.25, -0.2) is 8.42 Å². The van der Waals surface area contributed by atoms with E-state index in [4.69, 9.17) is 4.74 Å². The maximum absolute atomic E-state index is 13.2. The molecule has 35 heavy (non-hydrogen) atoms. The Bertz CT molecular complexity index is 1040. The van der Waals surface area contributed by atoms with Gasteiger partial charge in [-0.1, -0.05) is 37.3 Å². The Morgan fingerprint density at radius 3 is 2.26 bits per heavy atom. The molecule has 192 valence electrons. The summed E-state index contributed by atoms with van der Waals surface area (Å²) in [6.45, 7) is 4.81. The van der Waals surface area contributed by atoms with Crippen molar-refractivity contribution in [1.29, 1.82) is 0 Å². The average Bonchev–Trinajstić information content (AvgIpc) is 2.85. The van der Waals surface area contributed by atoms with Crippen LogP contribution in [0.1, 0.15) is 38.7 Å². The third-order valence-electron chi connectivity index (χ3n) is 5.71. The van der Waals surface area contributed by atoms with E-state index in [9.17, 15) is 18.0 Å². The summed E-state index contributed by atoms with van der Waals surface area (Å²) in [5.74, 6) is 0.259. The van der Waals surface area contributed by atoms with Crippen LogP contribution in [0.4, 0.5) is 5.69 Å². The molecule has 2 aromatic rings. The Morgan fingerprint density at radius 1 is 1.03 bits per heavy atom. The average molecular weight is 504 g/mol. The molecule has 9 heteroatoms. The molecule has 0 aliphatic carbocycles. The zero-order valence-electron chi connectivity index (χ0n) is 21.1. The van der Waals surface area contributed by atoms with Crippen LogP contribution >= 0.6 is 0 Å². The van der Waals surface area contributed by atoms with E-state index < -0.39 is 16.1 Å². The van der Waals surface area contributed by atoms with Gasteiger partial charge in [-0.05, 0) is 56.0 Å². The number of rotatable bonds is 14. The summed E-state index contributed by atoms with van der Waals surface area (Å²) < 4.78 is 31.2. The molecule has 0 saturated heterocycles. The van der Waals surface area contributed by atoms with Gasteiger partial charge >= 0.3 is 0 Å². The van der Waals surface area contributed by atoms with Gasteiger partial charge in [-0.2, -0.15) is 0 Å². The van der Waals surface area contributed by atoms with Crippen molar-refractivity contribution < 1.29 is 22.7 Å². The molecule has 0 aromatic heterocycles. The van der Waals surface area contributed by atoms with Gasteiger partial charge in [0, 0.05) is 26.1 Å². The van der Waals surface area contributed by atoms with E-state index in [1.54, 1.807) is 43.2 Å². The van der Waals surface area contributed by atoms with Gasteiger partial charge in [0.05, 0.1) is 19.1 Å². The third kappa shape index (κ3) is 8.90. The number of ether oxygens (including phenoxy) is 1. The van der Waals surface area contributed by atoms with Crippen molar-refractivity contribution in [2.75, 3.05) is 37.3 Å². The number of anilines is 1. The number of amides is 2. The summed E-state index contributed by atoms with van der Waals surface area (Å²) in [6, 6.07) is 15.9. The monoisotopic (exact) mass is 503 g/mol.